The molecule has 0 spiro atoms. The fourth-order valence-electron chi connectivity index (χ4n) is 4.36. The van der Waals surface area contributed by atoms with Crippen molar-refractivity contribution in [2.24, 2.45) is 4.99 Å². The number of hydrogen-bond donors (Lipinski definition) is 2. The van der Waals surface area contributed by atoms with E-state index in [2.05, 4.69) is 4.99 Å². The largest absolute Gasteiger partial charge is 0.508 e. The molecule has 170 valence electrons. The van der Waals surface area contributed by atoms with E-state index >= 15 is 0 Å². The van der Waals surface area contributed by atoms with Gasteiger partial charge in [0.25, 0.3) is 11.8 Å². The van der Waals surface area contributed by atoms with Crippen LogP contribution in [0.1, 0.15) is 26.3 Å². The summed E-state index contributed by atoms with van der Waals surface area (Å²) in [7, 11) is 3.80. The highest BCUT2D eigenvalue weighted by atomic mass is 16.3. The van der Waals surface area contributed by atoms with Gasteiger partial charge in [0.05, 0.1) is 11.3 Å². The Balaban J connectivity index is 1.71. The van der Waals surface area contributed by atoms with Crippen LogP contribution in [0.2, 0.25) is 0 Å². The smallest absolute Gasteiger partial charge is 0.262 e. The third-order valence-corrected chi connectivity index (χ3v) is 6.06. The quantitative estimate of drug-likeness (QED) is 0.203. The number of carbonyl (C=O) groups is 2. The molecule has 1 aliphatic heterocycles. The molecule has 0 saturated heterocycles. The maximum absolute atomic E-state index is 13.6. The van der Waals surface area contributed by atoms with Gasteiger partial charge in [0.1, 0.15) is 11.5 Å². The molecule has 2 amide bonds. The van der Waals surface area contributed by atoms with E-state index in [0.717, 1.165) is 10.8 Å². The molecule has 0 saturated carbocycles. The van der Waals surface area contributed by atoms with Crippen molar-refractivity contribution in [3.63, 3.8) is 0 Å². The minimum atomic E-state index is -0.312. The summed E-state index contributed by atoms with van der Waals surface area (Å²) in [6.07, 6.45) is 1.48. The minimum absolute atomic E-state index is 0.00260. The molecule has 4 aromatic carbocycles. The van der Waals surface area contributed by atoms with Gasteiger partial charge >= 0.3 is 0 Å². The van der Waals surface area contributed by atoms with E-state index in [0.29, 0.717) is 46.2 Å². The number of benzene rings is 4. The zero-order chi connectivity index (χ0) is 24.0. The maximum Gasteiger partial charge on any atom is 0.262 e. The Bertz CT molecular complexity index is 1510. The molecule has 1 aliphatic rings. The normalized spacial score (nSPS) is 13.7. The number of phenolic OH excluding ortho intramolecular Hbond substituents is 2. The summed E-state index contributed by atoms with van der Waals surface area (Å²) in [6.45, 7) is 0.863. The first kappa shape index (κ1) is 21.6. The van der Waals surface area contributed by atoms with E-state index in [4.69, 9.17) is 0 Å². The zero-order valence-electron chi connectivity index (χ0n) is 18.8. The maximum atomic E-state index is 13.6. The lowest BCUT2D eigenvalue weighted by Crippen LogP contribution is -2.43. The molecule has 34 heavy (non-hydrogen) atoms. The summed E-state index contributed by atoms with van der Waals surface area (Å²) >= 11 is 0. The number of aromatic hydroxyl groups is 2. The van der Waals surface area contributed by atoms with Gasteiger partial charge in [0.2, 0.25) is 0 Å². The molecule has 0 aliphatic carbocycles. The van der Waals surface area contributed by atoms with Gasteiger partial charge in [-0.05, 0) is 61.3 Å². The first-order valence-electron chi connectivity index (χ1n) is 10.9. The molecule has 0 fully saturated rings. The summed E-state index contributed by atoms with van der Waals surface area (Å²) < 4.78 is 0. The number of rotatable bonds is 5. The van der Waals surface area contributed by atoms with Crippen molar-refractivity contribution in [3.05, 3.63) is 77.4 Å². The molecule has 1 heterocycles. The number of imide groups is 1. The molecular weight excluding hydrogens is 430 g/mol. The van der Waals surface area contributed by atoms with Crippen LogP contribution >= 0.6 is 0 Å². The first-order valence-corrected chi connectivity index (χ1v) is 10.9. The van der Waals surface area contributed by atoms with Crippen LogP contribution < -0.4 is 0 Å². The second-order valence-corrected chi connectivity index (χ2v) is 8.59. The molecule has 0 aromatic heterocycles. The van der Waals surface area contributed by atoms with Gasteiger partial charge in [-0.1, -0.05) is 24.3 Å². The van der Waals surface area contributed by atoms with Crippen LogP contribution in [0.4, 0.5) is 5.69 Å². The Morgan fingerprint density at radius 1 is 0.941 bits per heavy atom. The molecule has 7 heteroatoms. The van der Waals surface area contributed by atoms with Crippen molar-refractivity contribution >= 4 is 45.3 Å². The molecule has 7 nitrogen and oxygen atoms in total. The van der Waals surface area contributed by atoms with E-state index in [1.54, 1.807) is 6.07 Å². The SMILES string of the molecule is CN(C)CCN1C(=O)c2cccc3cc4c(N=Cc5cc(O)ccc5O)cccc4c(c23)C1=O. The molecule has 0 unspecified atom stereocenters. The summed E-state index contributed by atoms with van der Waals surface area (Å²) in [5.74, 6) is -0.573. The summed E-state index contributed by atoms with van der Waals surface area (Å²) in [5.41, 5.74) is 2.00. The molecule has 2 N–H and O–H groups in total. The lowest BCUT2D eigenvalue weighted by Gasteiger charge is -2.29. The van der Waals surface area contributed by atoms with Crippen molar-refractivity contribution in [1.82, 2.24) is 9.80 Å². The topological polar surface area (TPSA) is 93.4 Å². The number of phenols is 2. The monoisotopic (exact) mass is 453 g/mol. The van der Waals surface area contributed by atoms with E-state index in [9.17, 15) is 19.8 Å². The Morgan fingerprint density at radius 3 is 2.53 bits per heavy atom. The van der Waals surface area contributed by atoms with Crippen LogP contribution in [-0.4, -0.2) is 65.2 Å². The zero-order valence-corrected chi connectivity index (χ0v) is 18.8. The van der Waals surface area contributed by atoms with E-state index in [1.807, 2.05) is 55.4 Å². The van der Waals surface area contributed by atoms with Crippen molar-refractivity contribution < 1.29 is 19.8 Å². The van der Waals surface area contributed by atoms with Gasteiger partial charge in [0.15, 0.2) is 0 Å². The second-order valence-electron chi connectivity index (χ2n) is 8.59. The summed E-state index contributed by atoms with van der Waals surface area (Å²) in [5, 5.41) is 22.7. The van der Waals surface area contributed by atoms with Gasteiger partial charge in [-0.2, -0.15) is 0 Å². The number of carbonyl (C=O) groups excluding carboxylic acids is 2. The molecule has 0 bridgehead atoms. The Labute approximate surface area is 196 Å². The highest BCUT2D eigenvalue weighted by Crippen LogP contribution is 2.39. The lowest BCUT2D eigenvalue weighted by molar-refractivity contribution is 0.0602. The minimum Gasteiger partial charge on any atom is -0.508 e. The predicted octanol–water partition coefficient (Wildman–Crippen LogP) is 4.31. The molecule has 0 radical (unpaired) electrons. The number of amides is 2. The third kappa shape index (κ3) is 3.56. The van der Waals surface area contributed by atoms with Gasteiger partial charge in [-0.25, -0.2) is 0 Å². The highest BCUT2D eigenvalue weighted by molar-refractivity contribution is 6.31. The third-order valence-electron chi connectivity index (χ3n) is 6.06. The van der Waals surface area contributed by atoms with Gasteiger partial charge in [0, 0.05) is 41.2 Å². The fourth-order valence-corrected chi connectivity index (χ4v) is 4.36. The number of likely N-dealkylation sites (N-methyl/N-ethyl adjacent to an activating group) is 1. The number of aliphatic imine (C=N–C) groups is 1. The van der Waals surface area contributed by atoms with E-state index < -0.39 is 0 Å². The highest BCUT2D eigenvalue weighted by Gasteiger charge is 2.34. The Hall–Kier alpha value is -4.23. The molecule has 5 rings (SSSR count). The predicted molar refractivity (Wildman–Crippen MR) is 132 cm³/mol. The molecule has 4 aromatic rings. The van der Waals surface area contributed by atoms with Crippen LogP contribution in [0.5, 0.6) is 11.5 Å². The number of hydrogen-bond acceptors (Lipinski definition) is 6. The van der Waals surface area contributed by atoms with Gasteiger partial charge in [-0.15, -0.1) is 0 Å². The van der Waals surface area contributed by atoms with Crippen LogP contribution in [0.3, 0.4) is 0 Å². The van der Waals surface area contributed by atoms with Crippen LogP contribution in [-0.2, 0) is 0 Å². The van der Waals surface area contributed by atoms with Gasteiger partial charge < -0.3 is 15.1 Å². The lowest BCUT2D eigenvalue weighted by atomic mass is 9.89. The van der Waals surface area contributed by atoms with E-state index in [1.165, 1.54) is 29.3 Å². The fraction of sp³-hybridized carbons (Fsp3) is 0.148. The average molecular weight is 453 g/mol. The van der Waals surface area contributed by atoms with Crippen molar-refractivity contribution in [3.8, 4) is 11.5 Å². The second kappa shape index (κ2) is 8.28. The molecular formula is C27H23N3O4. The Morgan fingerprint density at radius 2 is 1.74 bits per heavy atom. The van der Waals surface area contributed by atoms with Crippen LogP contribution in [0.15, 0.2) is 65.7 Å². The summed E-state index contributed by atoms with van der Waals surface area (Å²) in [4.78, 5) is 34.6. The standard InChI is InChI=1S/C27H23N3O4/c1-29(2)11-12-30-26(33)20-7-3-5-16-14-21-19(25(24(16)20)27(30)34)6-4-8-22(21)28-15-17-13-18(31)9-10-23(17)32/h3-10,13-15,31-32H,11-12H2,1-2H3. The van der Waals surface area contributed by atoms with E-state index in [-0.39, 0.29) is 23.3 Å². The summed E-state index contributed by atoms with van der Waals surface area (Å²) in [6, 6.07) is 17.1. The van der Waals surface area contributed by atoms with Crippen molar-refractivity contribution in [1.29, 1.82) is 0 Å². The Kier molecular flexibility index (Phi) is 5.26. The first-order chi connectivity index (χ1) is 16.3. The van der Waals surface area contributed by atoms with Crippen molar-refractivity contribution in [2.75, 3.05) is 27.2 Å². The van der Waals surface area contributed by atoms with Crippen LogP contribution in [0, 0.1) is 0 Å². The van der Waals surface area contributed by atoms with Crippen LogP contribution in [0.25, 0.3) is 21.5 Å². The van der Waals surface area contributed by atoms with Gasteiger partial charge in [-0.3, -0.25) is 19.5 Å². The number of fused-ring (bicyclic) bond motifs is 2. The average Bonchev–Trinajstić information content (AvgIpc) is 2.81. The molecule has 0 atom stereocenters. The van der Waals surface area contributed by atoms with Crippen molar-refractivity contribution in [2.45, 2.75) is 0 Å². The number of nitrogens with zero attached hydrogens (tertiary/aromatic N) is 3.